The Hall–Kier alpha value is -2.22. The molecule has 0 saturated heterocycles. The lowest BCUT2D eigenvalue weighted by Gasteiger charge is -2.09. The van der Waals surface area contributed by atoms with Crippen molar-refractivity contribution in [2.75, 3.05) is 0 Å². The summed E-state index contributed by atoms with van der Waals surface area (Å²) < 4.78 is 0. The van der Waals surface area contributed by atoms with E-state index in [1.165, 1.54) is 0 Å². The second kappa shape index (κ2) is 4.74. The third kappa shape index (κ3) is 2.16. The molecule has 2 nitrogen and oxygen atoms in total. The minimum atomic E-state index is 0.554. The van der Waals surface area contributed by atoms with Gasteiger partial charge < -0.3 is 0 Å². The number of carbonyl (C=O) groups is 2. The lowest BCUT2D eigenvalue weighted by Crippen LogP contribution is -1.95. The van der Waals surface area contributed by atoms with Gasteiger partial charge >= 0.3 is 0 Å². The molecule has 0 aliphatic rings. The fourth-order valence-electron chi connectivity index (χ4n) is 1.97. The van der Waals surface area contributed by atoms with Crippen LogP contribution >= 0.6 is 0 Å². The SMILES string of the molecule is Cc1cc(C=O)c(-c2ccccc2)c(C=O)c1. The van der Waals surface area contributed by atoms with Crippen LogP contribution in [0, 0.1) is 6.92 Å². The molecule has 0 fully saturated rings. The van der Waals surface area contributed by atoms with E-state index in [0.29, 0.717) is 16.7 Å². The molecule has 2 aromatic carbocycles. The Morgan fingerprint density at radius 2 is 1.41 bits per heavy atom. The van der Waals surface area contributed by atoms with Gasteiger partial charge in [-0.05, 0) is 30.2 Å². The second-order valence-corrected chi connectivity index (χ2v) is 3.92. The van der Waals surface area contributed by atoms with Gasteiger partial charge in [-0.3, -0.25) is 9.59 Å². The van der Waals surface area contributed by atoms with Crippen LogP contribution in [0.3, 0.4) is 0 Å². The van der Waals surface area contributed by atoms with Crippen molar-refractivity contribution in [2.24, 2.45) is 0 Å². The Balaban J connectivity index is 2.75. The predicted octanol–water partition coefficient (Wildman–Crippen LogP) is 3.29. The zero-order valence-electron chi connectivity index (χ0n) is 9.51. The standard InChI is InChI=1S/C15H12O2/c1-11-7-13(9-16)15(14(8-11)10-17)12-5-3-2-4-6-12/h2-10H,1H3. The number of hydrogen-bond acceptors (Lipinski definition) is 2. The molecule has 0 unspecified atom stereocenters. The smallest absolute Gasteiger partial charge is 0.150 e. The molecule has 0 aliphatic heterocycles. The van der Waals surface area contributed by atoms with E-state index in [2.05, 4.69) is 0 Å². The Bertz CT molecular complexity index is 527. The van der Waals surface area contributed by atoms with E-state index in [1.54, 1.807) is 12.1 Å². The van der Waals surface area contributed by atoms with Gasteiger partial charge in [0.1, 0.15) is 0 Å². The molecule has 0 aliphatic carbocycles. The van der Waals surface area contributed by atoms with E-state index < -0.39 is 0 Å². The van der Waals surface area contributed by atoms with Gasteiger partial charge in [0.05, 0.1) is 0 Å². The summed E-state index contributed by atoms with van der Waals surface area (Å²) in [5.41, 5.74) is 3.61. The first-order valence-electron chi connectivity index (χ1n) is 5.36. The van der Waals surface area contributed by atoms with Crippen molar-refractivity contribution >= 4 is 12.6 Å². The molecule has 2 rings (SSSR count). The topological polar surface area (TPSA) is 34.1 Å². The molecule has 0 saturated carbocycles. The number of carbonyl (C=O) groups excluding carboxylic acids is 2. The van der Waals surface area contributed by atoms with Gasteiger partial charge in [-0.15, -0.1) is 0 Å². The quantitative estimate of drug-likeness (QED) is 0.750. The summed E-state index contributed by atoms with van der Waals surface area (Å²) in [5.74, 6) is 0. The van der Waals surface area contributed by atoms with Crippen LogP contribution in [0.15, 0.2) is 42.5 Å². The molecule has 0 N–H and O–H groups in total. The van der Waals surface area contributed by atoms with Crippen LogP contribution in [0.25, 0.3) is 11.1 Å². The first-order chi connectivity index (χ1) is 8.26. The number of benzene rings is 2. The van der Waals surface area contributed by atoms with Crippen LogP contribution in [0.1, 0.15) is 26.3 Å². The summed E-state index contributed by atoms with van der Waals surface area (Å²) in [6.07, 6.45) is 1.59. The minimum Gasteiger partial charge on any atom is -0.298 e. The average molecular weight is 224 g/mol. The van der Waals surface area contributed by atoms with Crippen LogP contribution < -0.4 is 0 Å². The molecule has 0 amide bonds. The van der Waals surface area contributed by atoms with Crippen molar-refractivity contribution in [3.63, 3.8) is 0 Å². The number of rotatable bonds is 3. The van der Waals surface area contributed by atoms with Crippen LogP contribution in [-0.4, -0.2) is 12.6 Å². The molecule has 0 spiro atoms. The molecular weight excluding hydrogens is 212 g/mol. The maximum atomic E-state index is 11.1. The third-order valence-corrected chi connectivity index (χ3v) is 2.66. The van der Waals surface area contributed by atoms with Gasteiger partial charge in [0.15, 0.2) is 12.6 Å². The van der Waals surface area contributed by atoms with Crippen LogP contribution in [0.2, 0.25) is 0 Å². The fourth-order valence-corrected chi connectivity index (χ4v) is 1.97. The van der Waals surface area contributed by atoms with Crippen LogP contribution in [0.5, 0.6) is 0 Å². The summed E-state index contributed by atoms with van der Waals surface area (Å²) in [4.78, 5) is 22.2. The monoisotopic (exact) mass is 224 g/mol. The van der Waals surface area contributed by atoms with Crippen molar-refractivity contribution in [2.45, 2.75) is 6.92 Å². The van der Waals surface area contributed by atoms with Gasteiger partial charge in [0.2, 0.25) is 0 Å². The highest BCUT2D eigenvalue weighted by Crippen LogP contribution is 2.27. The molecule has 0 aromatic heterocycles. The van der Waals surface area contributed by atoms with Gasteiger partial charge in [0, 0.05) is 16.7 Å². The summed E-state index contributed by atoms with van der Waals surface area (Å²) in [6, 6.07) is 13.1. The molecular formula is C15H12O2. The molecule has 2 heteroatoms. The van der Waals surface area contributed by atoms with E-state index in [1.807, 2.05) is 37.3 Å². The maximum absolute atomic E-state index is 11.1. The summed E-state index contributed by atoms with van der Waals surface area (Å²) >= 11 is 0. The van der Waals surface area contributed by atoms with Crippen molar-refractivity contribution in [1.82, 2.24) is 0 Å². The van der Waals surface area contributed by atoms with Gasteiger partial charge in [0.25, 0.3) is 0 Å². The largest absolute Gasteiger partial charge is 0.298 e. The van der Waals surface area contributed by atoms with E-state index in [4.69, 9.17) is 0 Å². The first-order valence-corrected chi connectivity index (χ1v) is 5.36. The highest BCUT2D eigenvalue weighted by atomic mass is 16.1. The zero-order valence-corrected chi connectivity index (χ0v) is 9.51. The molecule has 2 aromatic rings. The highest BCUT2D eigenvalue weighted by molar-refractivity contribution is 5.97. The Labute approximate surface area is 99.9 Å². The molecule has 0 radical (unpaired) electrons. The van der Waals surface area contributed by atoms with E-state index >= 15 is 0 Å². The summed E-state index contributed by atoms with van der Waals surface area (Å²) in [7, 11) is 0. The van der Waals surface area contributed by atoms with Gasteiger partial charge in [-0.1, -0.05) is 30.3 Å². The summed E-state index contributed by atoms with van der Waals surface area (Å²) in [6.45, 7) is 1.87. The predicted molar refractivity (Wildman–Crippen MR) is 67.4 cm³/mol. The lowest BCUT2D eigenvalue weighted by molar-refractivity contribution is 0.112. The van der Waals surface area contributed by atoms with Gasteiger partial charge in [-0.2, -0.15) is 0 Å². The van der Waals surface area contributed by atoms with E-state index in [-0.39, 0.29) is 0 Å². The van der Waals surface area contributed by atoms with E-state index in [0.717, 1.165) is 23.7 Å². The highest BCUT2D eigenvalue weighted by Gasteiger charge is 2.10. The van der Waals surface area contributed by atoms with Crippen LogP contribution in [-0.2, 0) is 0 Å². The van der Waals surface area contributed by atoms with Crippen molar-refractivity contribution < 1.29 is 9.59 Å². The van der Waals surface area contributed by atoms with Crippen molar-refractivity contribution in [3.8, 4) is 11.1 Å². The molecule has 0 heterocycles. The minimum absolute atomic E-state index is 0.554. The lowest BCUT2D eigenvalue weighted by atomic mass is 9.93. The average Bonchev–Trinajstić information content (AvgIpc) is 2.38. The third-order valence-electron chi connectivity index (χ3n) is 2.66. The first kappa shape index (κ1) is 11.3. The van der Waals surface area contributed by atoms with Crippen molar-refractivity contribution in [1.29, 1.82) is 0 Å². The molecule has 17 heavy (non-hydrogen) atoms. The Kier molecular flexibility index (Phi) is 3.15. The molecule has 84 valence electrons. The van der Waals surface area contributed by atoms with E-state index in [9.17, 15) is 9.59 Å². The number of aldehydes is 2. The Morgan fingerprint density at radius 3 is 1.88 bits per heavy atom. The molecule has 0 atom stereocenters. The summed E-state index contributed by atoms with van der Waals surface area (Å²) in [5, 5.41) is 0. The second-order valence-electron chi connectivity index (χ2n) is 3.92. The van der Waals surface area contributed by atoms with Gasteiger partial charge in [-0.25, -0.2) is 0 Å². The Morgan fingerprint density at radius 1 is 0.882 bits per heavy atom. The number of hydrogen-bond donors (Lipinski definition) is 0. The zero-order chi connectivity index (χ0) is 12.3. The van der Waals surface area contributed by atoms with Crippen LogP contribution in [0.4, 0.5) is 0 Å². The normalized spacial score (nSPS) is 9.94. The molecule has 0 bridgehead atoms. The fraction of sp³-hybridized carbons (Fsp3) is 0.0667. The van der Waals surface area contributed by atoms with Crippen molar-refractivity contribution in [3.05, 3.63) is 59.2 Å². The maximum Gasteiger partial charge on any atom is 0.150 e. The number of aryl methyl sites for hydroxylation is 1.